The summed E-state index contributed by atoms with van der Waals surface area (Å²) in [5.74, 6) is 0.596. The van der Waals surface area contributed by atoms with Gasteiger partial charge < -0.3 is 4.74 Å². The third-order valence-corrected chi connectivity index (χ3v) is 7.44. The van der Waals surface area contributed by atoms with Crippen LogP contribution in [0.5, 0.6) is 5.75 Å². The minimum absolute atomic E-state index is 0.157. The molecule has 184 valence electrons. The van der Waals surface area contributed by atoms with Crippen molar-refractivity contribution in [3.8, 4) is 5.75 Å². The molecule has 1 amide bonds. The number of rotatable bonds is 6. The predicted molar refractivity (Wildman–Crippen MR) is 158 cm³/mol. The number of benzene rings is 4. The van der Waals surface area contributed by atoms with Crippen LogP contribution in [0.2, 0.25) is 10.0 Å². The lowest BCUT2D eigenvalue weighted by molar-refractivity contribution is -0.113. The molecule has 1 heterocycles. The van der Waals surface area contributed by atoms with Gasteiger partial charge >= 0.3 is 0 Å². The number of hydrogen-bond acceptors (Lipinski definition) is 4. The molecule has 4 aromatic rings. The van der Waals surface area contributed by atoms with E-state index in [1.807, 2.05) is 66.7 Å². The molecule has 0 aromatic heterocycles. The molecular weight excluding hydrogens is 591 g/mol. The summed E-state index contributed by atoms with van der Waals surface area (Å²) in [6, 6.07) is 29.9. The summed E-state index contributed by atoms with van der Waals surface area (Å²) in [6.07, 6.45) is 1.86. The summed E-state index contributed by atoms with van der Waals surface area (Å²) in [5.41, 5.74) is 3.36. The zero-order valence-corrected chi connectivity index (χ0v) is 23.2. The van der Waals surface area contributed by atoms with Gasteiger partial charge in [-0.25, -0.2) is 4.99 Å². The largest absolute Gasteiger partial charge is 0.489 e. The molecule has 1 saturated heterocycles. The third kappa shape index (κ3) is 6.46. The van der Waals surface area contributed by atoms with Crippen molar-refractivity contribution in [2.45, 2.75) is 6.61 Å². The molecule has 0 radical (unpaired) electrons. The molecule has 1 aliphatic heterocycles. The van der Waals surface area contributed by atoms with E-state index in [1.54, 1.807) is 41.3 Å². The van der Waals surface area contributed by atoms with E-state index in [9.17, 15) is 4.79 Å². The SMILES string of the molecule is O=C1/C(=C/c2ccc(OCc3ccc(Br)cc3)cc2)SC(=Nc2ccc(Cl)cc2)N1c1ccc(Cl)cc1. The van der Waals surface area contributed by atoms with Crippen molar-refractivity contribution in [2.24, 2.45) is 4.99 Å². The molecule has 4 nitrogen and oxygen atoms in total. The van der Waals surface area contributed by atoms with E-state index in [2.05, 4.69) is 15.9 Å². The molecule has 0 unspecified atom stereocenters. The maximum absolute atomic E-state index is 13.5. The molecule has 1 aliphatic rings. The van der Waals surface area contributed by atoms with Gasteiger partial charge in [0, 0.05) is 14.5 Å². The number of aliphatic imine (C=N–C) groups is 1. The highest BCUT2D eigenvalue weighted by molar-refractivity contribution is 9.10. The minimum Gasteiger partial charge on any atom is -0.489 e. The van der Waals surface area contributed by atoms with Gasteiger partial charge in [0.05, 0.1) is 16.3 Å². The van der Waals surface area contributed by atoms with Crippen molar-refractivity contribution in [3.05, 3.63) is 128 Å². The number of carbonyl (C=O) groups excluding carboxylic acids is 1. The fourth-order valence-corrected chi connectivity index (χ4v) is 5.07. The van der Waals surface area contributed by atoms with Gasteiger partial charge in [0.15, 0.2) is 5.17 Å². The smallest absolute Gasteiger partial charge is 0.271 e. The number of nitrogens with zero attached hydrogens (tertiary/aromatic N) is 2. The summed E-state index contributed by atoms with van der Waals surface area (Å²) in [4.78, 5) is 20.4. The van der Waals surface area contributed by atoms with Crippen LogP contribution in [-0.2, 0) is 11.4 Å². The number of hydrogen-bond donors (Lipinski definition) is 0. The maximum Gasteiger partial charge on any atom is 0.271 e. The van der Waals surface area contributed by atoms with Crippen LogP contribution in [0.3, 0.4) is 0 Å². The lowest BCUT2D eigenvalue weighted by Gasteiger charge is -2.15. The molecule has 0 atom stereocenters. The average Bonchev–Trinajstić information content (AvgIpc) is 3.20. The number of halogens is 3. The zero-order chi connectivity index (χ0) is 25.8. The second kappa shape index (κ2) is 11.6. The third-order valence-electron chi connectivity index (χ3n) is 5.44. The molecular formula is C29H19BrCl2N2O2S. The molecule has 8 heteroatoms. The molecule has 0 N–H and O–H groups in total. The van der Waals surface area contributed by atoms with Crippen molar-refractivity contribution in [3.63, 3.8) is 0 Å². The Morgan fingerprint density at radius 3 is 2.11 bits per heavy atom. The van der Waals surface area contributed by atoms with Crippen molar-refractivity contribution in [2.75, 3.05) is 4.90 Å². The Kier molecular flexibility index (Phi) is 8.01. The first-order valence-corrected chi connectivity index (χ1v) is 13.6. The van der Waals surface area contributed by atoms with E-state index in [-0.39, 0.29) is 5.91 Å². The van der Waals surface area contributed by atoms with Gasteiger partial charge in [-0.15, -0.1) is 0 Å². The van der Waals surface area contributed by atoms with E-state index >= 15 is 0 Å². The van der Waals surface area contributed by atoms with Gasteiger partial charge in [-0.3, -0.25) is 9.69 Å². The summed E-state index contributed by atoms with van der Waals surface area (Å²) >= 11 is 16.9. The first kappa shape index (κ1) is 25.6. The fourth-order valence-electron chi connectivity index (χ4n) is 3.55. The topological polar surface area (TPSA) is 41.9 Å². The maximum atomic E-state index is 13.5. The van der Waals surface area contributed by atoms with Crippen LogP contribution < -0.4 is 9.64 Å². The zero-order valence-electron chi connectivity index (χ0n) is 19.3. The lowest BCUT2D eigenvalue weighted by Crippen LogP contribution is -2.28. The van der Waals surface area contributed by atoms with Crippen molar-refractivity contribution in [1.29, 1.82) is 0 Å². The van der Waals surface area contributed by atoms with Crippen LogP contribution in [0.15, 0.2) is 111 Å². The summed E-state index contributed by atoms with van der Waals surface area (Å²) in [5, 5.41) is 1.77. The van der Waals surface area contributed by atoms with Gasteiger partial charge in [0.1, 0.15) is 12.4 Å². The van der Waals surface area contributed by atoms with Gasteiger partial charge in [0.2, 0.25) is 0 Å². The van der Waals surface area contributed by atoms with Crippen molar-refractivity contribution < 1.29 is 9.53 Å². The summed E-state index contributed by atoms with van der Waals surface area (Å²) < 4.78 is 6.93. The van der Waals surface area contributed by atoms with Gasteiger partial charge in [-0.05, 0) is 102 Å². The van der Waals surface area contributed by atoms with Crippen LogP contribution >= 0.6 is 50.9 Å². The van der Waals surface area contributed by atoms with Gasteiger partial charge in [-0.2, -0.15) is 0 Å². The first-order valence-electron chi connectivity index (χ1n) is 11.3. The molecule has 0 spiro atoms. The molecule has 37 heavy (non-hydrogen) atoms. The molecule has 0 aliphatic carbocycles. The molecule has 0 saturated carbocycles. The Hall–Kier alpha value is -3.03. The Morgan fingerprint density at radius 2 is 1.46 bits per heavy atom. The van der Waals surface area contributed by atoms with Gasteiger partial charge in [-0.1, -0.05) is 63.4 Å². The van der Waals surface area contributed by atoms with E-state index in [0.717, 1.165) is 21.3 Å². The number of thioether (sulfide) groups is 1. The van der Waals surface area contributed by atoms with Crippen LogP contribution in [0.4, 0.5) is 11.4 Å². The molecule has 4 aromatic carbocycles. The Balaban J connectivity index is 1.38. The van der Waals surface area contributed by atoms with Gasteiger partial charge in [0.25, 0.3) is 5.91 Å². The Bertz CT molecular complexity index is 1470. The monoisotopic (exact) mass is 608 g/mol. The summed E-state index contributed by atoms with van der Waals surface area (Å²) in [7, 11) is 0. The average molecular weight is 610 g/mol. The fraction of sp³-hybridized carbons (Fsp3) is 0.0345. The number of carbonyl (C=O) groups is 1. The standard InChI is InChI=1S/C29H19BrCl2N2O2S/c30-21-5-1-20(2-6-21)18-36-26-15-3-19(4-16-26)17-27-28(35)34(25-13-9-23(32)10-14-25)29(37-27)33-24-11-7-22(31)8-12-24/h1-17H,18H2/b27-17-,33-29?. The number of ether oxygens (including phenoxy) is 1. The van der Waals surface area contributed by atoms with E-state index in [1.165, 1.54) is 11.8 Å². The molecule has 0 bridgehead atoms. The highest BCUT2D eigenvalue weighted by atomic mass is 79.9. The van der Waals surface area contributed by atoms with Crippen LogP contribution in [0.1, 0.15) is 11.1 Å². The second-order valence-electron chi connectivity index (χ2n) is 8.08. The normalized spacial score (nSPS) is 15.5. The van der Waals surface area contributed by atoms with Crippen molar-refractivity contribution in [1.82, 2.24) is 0 Å². The predicted octanol–water partition coefficient (Wildman–Crippen LogP) is 9.14. The first-order chi connectivity index (χ1) is 17.9. The second-order valence-corrected chi connectivity index (χ2v) is 10.9. The summed E-state index contributed by atoms with van der Waals surface area (Å²) in [6.45, 7) is 0.475. The highest BCUT2D eigenvalue weighted by Crippen LogP contribution is 2.38. The molecule has 1 fully saturated rings. The van der Waals surface area contributed by atoms with Crippen LogP contribution in [0.25, 0.3) is 6.08 Å². The quantitative estimate of drug-likeness (QED) is 0.205. The Morgan fingerprint density at radius 1 is 0.838 bits per heavy atom. The minimum atomic E-state index is -0.157. The van der Waals surface area contributed by atoms with E-state index in [0.29, 0.717) is 38.1 Å². The van der Waals surface area contributed by atoms with Crippen molar-refractivity contribution >= 4 is 79.4 Å². The molecule has 5 rings (SSSR count). The lowest BCUT2D eigenvalue weighted by atomic mass is 10.2. The van der Waals surface area contributed by atoms with Crippen LogP contribution in [0, 0.1) is 0 Å². The van der Waals surface area contributed by atoms with E-state index < -0.39 is 0 Å². The van der Waals surface area contributed by atoms with Crippen LogP contribution in [-0.4, -0.2) is 11.1 Å². The van der Waals surface area contributed by atoms with E-state index in [4.69, 9.17) is 32.9 Å². The number of anilines is 1. The Labute approximate surface area is 237 Å². The number of amides is 1. The highest BCUT2D eigenvalue weighted by Gasteiger charge is 2.34. The number of amidine groups is 1.